The first kappa shape index (κ1) is 24.6. The average Bonchev–Trinajstić information content (AvgIpc) is 3.09. The molecule has 1 amide bonds. The van der Waals surface area contributed by atoms with Gasteiger partial charge in [0.2, 0.25) is 0 Å². The highest BCUT2D eigenvalue weighted by atomic mass is 35.5. The number of nitrogens with one attached hydrogen (secondary N) is 1. The van der Waals surface area contributed by atoms with Crippen molar-refractivity contribution in [2.75, 3.05) is 26.3 Å². The molecule has 0 bridgehead atoms. The molecule has 2 aromatic carbocycles. The molecule has 184 valence electrons. The summed E-state index contributed by atoms with van der Waals surface area (Å²) in [4.78, 5) is 13.4. The van der Waals surface area contributed by atoms with Crippen molar-refractivity contribution in [2.24, 2.45) is 0 Å². The Bertz CT molecular complexity index is 1220. The van der Waals surface area contributed by atoms with Crippen LogP contribution >= 0.6 is 34.8 Å². The number of amides is 1. The summed E-state index contributed by atoms with van der Waals surface area (Å²) >= 11 is 19.1. The summed E-state index contributed by atoms with van der Waals surface area (Å²) in [5.74, 6) is -0.0365. The highest BCUT2D eigenvalue weighted by molar-refractivity contribution is 6.35. The van der Waals surface area contributed by atoms with E-state index in [-0.39, 0.29) is 11.8 Å². The fourth-order valence-corrected chi connectivity index (χ4v) is 5.70. The van der Waals surface area contributed by atoms with Gasteiger partial charge >= 0.3 is 0 Å². The Morgan fingerprint density at radius 1 is 1.06 bits per heavy atom. The van der Waals surface area contributed by atoms with E-state index in [1.54, 1.807) is 12.1 Å². The Morgan fingerprint density at radius 2 is 1.86 bits per heavy atom. The minimum atomic E-state index is -0.199. The zero-order chi connectivity index (χ0) is 24.4. The lowest BCUT2D eigenvalue weighted by atomic mass is 9.91. The van der Waals surface area contributed by atoms with E-state index in [0.29, 0.717) is 42.0 Å². The van der Waals surface area contributed by atoms with Crippen molar-refractivity contribution < 1.29 is 9.53 Å². The predicted octanol–water partition coefficient (Wildman–Crippen LogP) is 5.86. The van der Waals surface area contributed by atoms with Crippen LogP contribution in [-0.4, -0.2) is 47.0 Å². The number of hydrazine groups is 1. The molecule has 1 fully saturated rings. The molecule has 1 atom stereocenters. The van der Waals surface area contributed by atoms with Crippen molar-refractivity contribution in [1.29, 1.82) is 0 Å². The Morgan fingerprint density at radius 3 is 2.63 bits per heavy atom. The molecule has 0 spiro atoms. The largest absolute Gasteiger partial charge is 0.379 e. The summed E-state index contributed by atoms with van der Waals surface area (Å²) in [5, 5.41) is 8.52. The van der Waals surface area contributed by atoms with Crippen LogP contribution in [0.4, 0.5) is 0 Å². The zero-order valence-corrected chi connectivity index (χ0v) is 21.5. The van der Waals surface area contributed by atoms with Crippen LogP contribution in [0.5, 0.6) is 0 Å². The molecule has 1 aromatic heterocycles. The number of carbonyl (C=O) groups excluding carboxylic acids is 1. The predicted molar refractivity (Wildman–Crippen MR) is 139 cm³/mol. The number of aromatic nitrogens is 2. The number of fused-ring (bicyclic) bond motifs is 1. The van der Waals surface area contributed by atoms with Gasteiger partial charge in [-0.15, -0.1) is 0 Å². The first-order valence-electron chi connectivity index (χ1n) is 11.9. The number of halogens is 3. The van der Waals surface area contributed by atoms with Gasteiger partial charge in [-0.2, -0.15) is 5.10 Å². The van der Waals surface area contributed by atoms with Crippen LogP contribution in [0.1, 0.15) is 52.5 Å². The Labute approximate surface area is 220 Å². The van der Waals surface area contributed by atoms with Crippen molar-refractivity contribution in [3.05, 3.63) is 80.0 Å². The number of hydrogen-bond donors (Lipinski definition) is 1. The molecule has 1 aliphatic heterocycles. The number of rotatable bonds is 5. The van der Waals surface area contributed by atoms with E-state index in [0.717, 1.165) is 59.6 Å². The van der Waals surface area contributed by atoms with E-state index >= 15 is 0 Å². The van der Waals surface area contributed by atoms with Gasteiger partial charge in [-0.25, -0.2) is 9.69 Å². The molecule has 1 N–H and O–H groups in total. The molecule has 1 aliphatic carbocycles. The second kappa shape index (κ2) is 10.9. The maximum atomic E-state index is 13.4. The van der Waals surface area contributed by atoms with E-state index in [9.17, 15) is 4.79 Å². The van der Waals surface area contributed by atoms with Gasteiger partial charge in [-0.1, -0.05) is 53.4 Å². The molecule has 3 aromatic rings. The lowest BCUT2D eigenvalue weighted by molar-refractivity contribution is 0.0124. The summed E-state index contributed by atoms with van der Waals surface area (Å²) in [6.07, 6.45) is 4.64. The number of morpholine rings is 1. The highest BCUT2D eigenvalue weighted by Gasteiger charge is 2.31. The number of ether oxygens (including phenoxy) is 1. The van der Waals surface area contributed by atoms with Crippen LogP contribution in [0, 0.1) is 0 Å². The molecule has 5 rings (SSSR count). The summed E-state index contributed by atoms with van der Waals surface area (Å²) in [6, 6.07) is 13.3. The van der Waals surface area contributed by atoms with Crippen molar-refractivity contribution in [3.63, 3.8) is 0 Å². The molecule has 0 radical (unpaired) electrons. The fourth-order valence-electron chi connectivity index (χ4n) is 5.00. The molecule has 1 unspecified atom stereocenters. The van der Waals surface area contributed by atoms with E-state index in [1.807, 2.05) is 34.0 Å². The Hall–Kier alpha value is -2.09. The van der Waals surface area contributed by atoms with Crippen LogP contribution in [-0.2, 0) is 17.6 Å². The maximum absolute atomic E-state index is 13.4. The van der Waals surface area contributed by atoms with Crippen LogP contribution in [0.15, 0.2) is 42.5 Å². The number of nitrogens with zero attached hydrogens (tertiary/aromatic N) is 3. The number of hydrogen-bond acceptors (Lipinski definition) is 4. The molecule has 9 heteroatoms. The van der Waals surface area contributed by atoms with E-state index < -0.39 is 0 Å². The second-order valence-electron chi connectivity index (χ2n) is 9.04. The van der Waals surface area contributed by atoms with Crippen LogP contribution in [0.2, 0.25) is 15.1 Å². The van der Waals surface area contributed by atoms with Gasteiger partial charge in [-0.3, -0.25) is 10.2 Å². The minimum absolute atomic E-state index is 0.162. The summed E-state index contributed by atoms with van der Waals surface area (Å²) < 4.78 is 7.27. The quantitative estimate of drug-likeness (QED) is 0.417. The van der Waals surface area contributed by atoms with Crippen molar-refractivity contribution in [3.8, 4) is 5.69 Å². The van der Waals surface area contributed by atoms with E-state index in [4.69, 9.17) is 44.6 Å². The maximum Gasteiger partial charge on any atom is 0.286 e. The molecular weight excluding hydrogens is 507 g/mol. The zero-order valence-electron chi connectivity index (χ0n) is 19.3. The molecular formula is C26H27Cl3N4O2. The Balaban J connectivity index is 1.59. The van der Waals surface area contributed by atoms with E-state index in [1.165, 1.54) is 0 Å². The normalized spacial score (nSPS) is 18.7. The van der Waals surface area contributed by atoms with Gasteiger partial charge in [0.15, 0.2) is 5.69 Å². The lowest BCUT2D eigenvalue weighted by Gasteiger charge is -2.26. The summed E-state index contributed by atoms with van der Waals surface area (Å²) in [7, 11) is 0. The van der Waals surface area contributed by atoms with E-state index in [2.05, 4.69) is 11.5 Å². The highest BCUT2D eigenvalue weighted by Crippen LogP contribution is 2.38. The topological polar surface area (TPSA) is 59.4 Å². The third-order valence-corrected chi connectivity index (χ3v) is 7.41. The Kier molecular flexibility index (Phi) is 7.65. The third-order valence-electron chi connectivity index (χ3n) is 6.63. The van der Waals surface area contributed by atoms with Gasteiger partial charge in [0.25, 0.3) is 5.91 Å². The monoisotopic (exact) mass is 532 g/mol. The summed E-state index contributed by atoms with van der Waals surface area (Å²) in [6.45, 7) is 2.48. The minimum Gasteiger partial charge on any atom is -0.379 e. The second-order valence-corrected chi connectivity index (χ2v) is 10.3. The smallest absolute Gasteiger partial charge is 0.286 e. The van der Waals surface area contributed by atoms with Crippen LogP contribution < -0.4 is 5.43 Å². The fraction of sp³-hybridized carbons (Fsp3) is 0.385. The van der Waals surface area contributed by atoms with Gasteiger partial charge in [-0.05, 0) is 61.6 Å². The first-order chi connectivity index (χ1) is 17.0. The van der Waals surface area contributed by atoms with Gasteiger partial charge in [0, 0.05) is 34.6 Å². The molecule has 1 saturated heterocycles. The number of benzene rings is 2. The van der Waals surface area contributed by atoms with Gasteiger partial charge in [0.05, 0.1) is 29.6 Å². The van der Waals surface area contributed by atoms with Gasteiger partial charge < -0.3 is 4.74 Å². The van der Waals surface area contributed by atoms with Crippen molar-refractivity contribution in [1.82, 2.24) is 20.2 Å². The summed E-state index contributed by atoms with van der Waals surface area (Å²) in [5.41, 5.74) is 7.40. The lowest BCUT2D eigenvalue weighted by Crippen LogP contribution is -2.48. The molecule has 6 nitrogen and oxygen atoms in total. The third kappa shape index (κ3) is 5.52. The van der Waals surface area contributed by atoms with Crippen LogP contribution in [0.3, 0.4) is 0 Å². The standard InChI is InChI=1S/C26H27Cl3N4O2/c27-19-6-3-4-17(15-19)14-18-5-1-2-7-21-24(26(34)31-32-10-12-35-13-11-32)30-33(25(18)21)23-9-8-20(28)16-22(23)29/h3-4,6,8-9,15-16,18H,1-2,5,7,10-14H2,(H,31,34). The molecule has 2 heterocycles. The first-order valence-corrected chi connectivity index (χ1v) is 13.1. The SMILES string of the molecule is O=C(NN1CCOCC1)c1nn(-c2ccc(Cl)cc2Cl)c2c1CCCCC2Cc1cccc(Cl)c1. The molecule has 35 heavy (non-hydrogen) atoms. The van der Waals surface area contributed by atoms with Gasteiger partial charge in [0.1, 0.15) is 0 Å². The molecule has 0 saturated carbocycles. The average molecular weight is 534 g/mol. The number of carbonyl (C=O) groups is 1. The van der Waals surface area contributed by atoms with Crippen molar-refractivity contribution in [2.45, 2.75) is 38.0 Å². The molecule has 2 aliphatic rings. The van der Waals surface area contributed by atoms with Crippen LogP contribution in [0.25, 0.3) is 5.69 Å². The van der Waals surface area contributed by atoms with Crippen molar-refractivity contribution >= 4 is 40.7 Å².